The topological polar surface area (TPSA) is 68.0 Å². The smallest absolute Gasteiger partial charge is 0.257 e. The third-order valence-corrected chi connectivity index (χ3v) is 3.27. The summed E-state index contributed by atoms with van der Waals surface area (Å²) in [5, 5.41) is 3.26. The van der Waals surface area contributed by atoms with Gasteiger partial charge in [-0.1, -0.05) is 29.3 Å². The second kappa shape index (κ2) is 5.47. The van der Waals surface area contributed by atoms with Crippen LogP contribution in [0.25, 0.3) is 0 Å². The Kier molecular flexibility index (Phi) is 3.93. The lowest BCUT2D eigenvalue weighted by Gasteiger charge is -2.11. The van der Waals surface area contributed by atoms with Crippen molar-refractivity contribution < 1.29 is 4.79 Å². The van der Waals surface area contributed by atoms with Crippen molar-refractivity contribution >= 4 is 40.5 Å². The number of carbonyl (C=O) groups excluding carboxylic acids is 1. The minimum absolute atomic E-state index is 0.231. The van der Waals surface area contributed by atoms with Crippen LogP contribution in [0.5, 0.6) is 0 Å². The predicted molar refractivity (Wildman–Crippen MR) is 77.8 cm³/mol. The summed E-state index contributed by atoms with van der Waals surface area (Å²) >= 11 is 11.8. The van der Waals surface area contributed by atoms with E-state index in [9.17, 15) is 4.79 Å². The molecule has 1 aromatic carbocycles. The van der Waals surface area contributed by atoms with E-state index in [1.807, 2.05) is 6.92 Å². The molecule has 0 unspecified atom stereocenters. The molecule has 1 amide bonds. The standard InChI is InChI=1S/C13H11Cl2N3O/c1-7-5-6-17-12(15)11(7)18-13(19)8-3-2-4-9(14)10(8)16/h2-6H,16H2,1H3,(H,18,19). The lowest BCUT2D eigenvalue weighted by Crippen LogP contribution is -2.15. The summed E-state index contributed by atoms with van der Waals surface area (Å²) in [4.78, 5) is 16.1. The van der Waals surface area contributed by atoms with E-state index in [2.05, 4.69) is 10.3 Å². The van der Waals surface area contributed by atoms with Crippen LogP contribution in [0.3, 0.4) is 0 Å². The first-order valence-corrected chi connectivity index (χ1v) is 6.22. The molecule has 0 spiro atoms. The number of amides is 1. The summed E-state index contributed by atoms with van der Waals surface area (Å²) in [5.41, 5.74) is 7.59. The molecule has 0 fully saturated rings. The minimum atomic E-state index is -0.377. The summed E-state index contributed by atoms with van der Waals surface area (Å²) in [7, 11) is 0. The minimum Gasteiger partial charge on any atom is -0.397 e. The SMILES string of the molecule is Cc1ccnc(Cl)c1NC(=O)c1cccc(Cl)c1N. The van der Waals surface area contributed by atoms with Crippen molar-refractivity contribution in [1.82, 2.24) is 4.98 Å². The fraction of sp³-hybridized carbons (Fsp3) is 0.0769. The van der Waals surface area contributed by atoms with Crippen molar-refractivity contribution in [3.05, 3.63) is 51.8 Å². The Labute approximate surface area is 120 Å². The van der Waals surface area contributed by atoms with Crippen LogP contribution in [-0.2, 0) is 0 Å². The number of nitrogens with two attached hydrogens (primary N) is 1. The normalized spacial score (nSPS) is 10.3. The number of benzene rings is 1. The van der Waals surface area contributed by atoms with Gasteiger partial charge >= 0.3 is 0 Å². The van der Waals surface area contributed by atoms with E-state index in [1.54, 1.807) is 30.5 Å². The number of aromatic nitrogens is 1. The maximum Gasteiger partial charge on any atom is 0.257 e. The second-order valence-electron chi connectivity index (χ2n) is 3.95. The Bertz CT molecular complexity index is 624. The van der Waals surface area contributed by atoms with Gasteiger partial charge in [-0.3, -0.25) is 4.79 Å². The molecule has 1 heterocycles. The number of halogens is 2. The molecule has 2 rings (SSSR count). The van der Waals surface area contributed by atoms with Crippen LogP contribution < -0.4 is 11.1 Å². The zero-order valence-electron chi connectivity index (χ0n) is 10.1. The van der Waals surface area contributed by atoms with Crippen molar-refractivity contribution in [2.75, 3.05) is 11.1 Å². The summed E-state index contributed by atoms with van der Waals surface area (Å²) in [6, 6.07) is 6.63. The van der Waals surface area contributed by atoms with Crippen molar-refractivity contribution in [3.8, 4) is 0 Å². The molecule has 98 valence electrons. The molecule has 0 bridgehead atoms. The van der Waals surface area contributed by atoms with Crippen LogP contribution in [0, 0.1) is 6.92 Å². The van der Waals surface area contributed by atoms with Gasteiger partial charge in [0.15, 0.2) is 5.15 Å². The molecule has 1 aromatic heterocycles. The fourth-order valence-corrected chi connectivity index (χ4v) is 2.02. The largest absolute Gasteiger partial charge is 0.397 e. The van der Waals surface area contributed by atoms with Crippen LogP contribution in [-0.4, -0.2) is 10.9 Å². The molecule has 6 heteroatoms. The van der Waals surface area contributed by atoms with Crippen molar-refractivity contribution in [1.29, 1.82) is 0 Å². The predicted octanol–water partition coefficient (Wildman–Crippen LogP) is 3.53. The van der Waals surface area contributed by atoms with E-state index >= 15 is 0 Å². The number of rotatable bonds is 2. The highest BCUT2D eigenvalue weighted by atomic mass is 35.5. The van der Waals surface area contributed by atoms with E-state index in [-0.39, 0.29) is 16.7 Å². The van der Waals surface area contributed by atoms with Gasteiger partial charge in [0.05, 0.1) is 22.0 Å². The van der Waals surface area contributed by atoms with E-state index in [0.717, 1.165) is 5.56 Å². The first-order chi connectivity index (χ1) is 9.00. The molecule has 2 aromatic rings. The average molecular weight is 296 g/mol. The Morgan fingerprint density at radius 2 is 2.05 bits per heavy atom. The van der Waals surface area contributed by atoms with Crippen molar-refractivity contribution in [2.24, 2.45) is 0 Å². The molecule has 0 aliphatic rings. The molecule has 4 nitrogen and oxygen atoms in total. The number of hydrogen-bond donors (Lipinski definition) is 2. The van der Waals surface area contributed by atoms with E-state index < -0.39 is 0 Å². The number of hydrogen-bond acceptors (Lipinski definition) is 3. The van der Waals surface area contributed by atoms with Gasteiger partial charge in [0.25, 0.3) is 5.91 Å². The first-order valence-electron chi connectivity index (χ1n) is 5.47. The zero-order chi connectivity index (χ0) is 14.0. The van der Waals surface area contributed by atoms with Gasteiger partial charge in [0, 0.05) is 6.20 Å². The zero-order valence-corrected chi connectivity index (χ0v) is 11.6. The van der Waals surface area contributed by atoms with Gasteiger partial charge in [-0.05, 0) is 30.7 Å². The van der Waals surface area contributed by atoms with Crippen LogP contribution in [0.15, 0.2) is 30.5 Å². The van der Waals surface area contributed by atoms with Gasteiger partial charge in [-0.15, -0.1) is 0 Å². The summed E-state index contributed by atoms with van der Waals surface area (Å²) in [6.45, 7) is 1.82. The van der Waals surface area contributed by atoms with Crippen molar-refractivity contribution in [3.63, 3.8) is 0 Å². The van der Waals surface area contributed by atoms with Gasteiger partial charge < -0.3 is 11.1 Å². The molecule has 0 radical (unpaired) electrons. The Balaban J connectivity index is 2.34. The second-order valence-corrected chi connectivity index (χ2v) is 4.71. The molecule has 0 saturated carbocycles. The van der Waals surface area contributed by atoms with Crippen LogP contribution in [0.1, 0.15) is 15.9 Å². The third-order valence-electron chi connectivity index (χ3n) is 2.65. The molecule has 19 heavy (non-hydrogen) atoms. The highest BCUT2D eigenvalue weighted by Crippen LogP contribution is 2.26. The Morgan fingerprint density at radius 3 is 2.74 bits per heavy atom. The number of nitrogens with zero attached hydrogens (tertiary/aromatic N) is 1. The van der Waals surface area contributed by atoms with Gasteiger partial charge in [0.2, 0.25) is 0 Å². The number of anilines is 2. The summed E-state index contributed by atoms with van der Waals surface area (Å²) < 4.78 is 0. The number of para-hydroxylation sites is 1. The Hall–Kier alpha value is -1.78. The van der Waals surface area contributed by atoms with Crippen LogP contribution in [0.4, 0.5) is 11.4 Å². The number of pyridine rings is 1. The van der Waals surface area contributed by atoms with Gasteiger partial charge in [0.1, 0.15) is 0 Å². The number of carbonyl (C=O) groups is 1. The third kappa shape index (κ3) is 2.80. The maximum atomic E-state index is 12.2. The number of nitrogens with one attached hydrogen (secondary N) is 1. The van der Waals surface area contributed by atoms with E-state index in [0.29, 0.717) is 16.3 Å². The van der Waals surface area contributed by atoms with E-state index in [1.165, 1.54) is 0 Å². The highest BCUT2D eigenvalue weighted by molar-refractivity contribution is 6.34. The molecule has 0 atom stereocenters. The number of nitrogen functional groups attached to an aromatic ring is 1. The molecule has 0 saturated heterocycles. The molecular formula is C13H11Cl2N3O. The molecule has 3 N–H and O–H groups in total. The van der Waals surface area contributed by atoms with Crippen LogP contribution >= 0.6 is 23.2 Å². The lowest BCUT2D eigenvalue weighted by molar-refractivity contribution is 0.102. The Morgan fingerprint density at radius 1 is 1.32 bits per heavy atom. The van der Waals surface area contributed by atoms with Gasteiger partial charge in [-0.2, -0.15) is 0 Å². The van der Waals surface area contributed by atoms with Crippen LogP contribution in [0.2, 0.25) is 10.2 Å². The fourth-order valence-electron chi connectivity index (χ4n) is 1.59. The molecule has 0 aliphatic carbocycles. The lowest BCUT2D eigenvalue weighted by atomic mass is 10.1. The maximum absolute atomic E-state index is 12.2. The van der Waals surface area contributed by atoms with Crippen molar-refractivity contribution in [2.45, 2.75) is 6.92 Å². The quantitative estimate of drug-likeness (QED) is 0.658. The number of aryl methyl sites for hydroxylation is 1. The average Bonchev–Trinajstić information content (AvgIpc) is 2.37. The summed E-state index contributed by atoms with van der Waals surface area (Å²) in [5.74, 6) is -0.377. The van der Waals surface area contributed by atoms with E-state index in [4.69, 9.17) is 28.9 Å². The van der Waals surface area contributed by atoms with Gasteiger partial charge in [-0.25, -0.2) is 4.98 Å². The monoisotopic (exact) mass is 295 g/mol. The summed E-state index contributed by atoms with van der Waals surface area (Å²) in [6.07, 6.45) is 1.57. The molecular weight excluding hydrogens is 285 g/mol. The molecule has 0 aliphatic heterocycles. The highest BCUT2D eigenvalue weighted by Gasteiger charge is 2.14. The first kappa shape index (κ1) is 13.6.